The number of aromatic nitrogens is 2. The molecule has 2 aromatic heterocycles. The Balaban J connectivity index is 0.974. The summed E-state index contributed by atoms with van der Waals surface area (Å²) in [7, 11) is 0. The quantitative estimate of drug-likeness (QED) is 0.162. The Labute approximate surface area is 327 Å². The predicted octanol–water partition coefficient (Wildman–Crippen LogP) is 14.7. The number of hydrogen-bond acceptors (Lipinski definition) is 0. The van der Waals surface area contributed by atoms with Crippen molar-refractivity contribution in [2.75, 3.05) is 0 Å². The topological polar surface area (TPSA) is 9.86 Å². The van der Waals surface area contributed by atoms with E-state index in [0.717, 1.165) is 25.7 Å². The van der Waals surface area contributed by atoms with Gasteiger partial charge in [-0.15, -0.1) is 0 Å². The van der Waals surface area contributed by atoms with Crippen molar-refractivity contribution in [1.82, 2.24) is 9.13 Å². The van der Waals surface area contributed by atoms with Crippen molar-refractivity contribution in [1.29, 1.82) is 0 Å². The van der Waals surface area contributed by atoms with E-state index >= 15 is 0 Å². The van der Waals surface area contributed by atoms with Crippen molar-refractivity contribution >= 4 is 60.5 Å². The van der Waals surface area contributed by atoms with Crippen LogP contribution in [0.1, 0.15) is 36.8 Å². The molecule has 0 saturated carbocycles. The predicted molar refractivity (Wildman–Crippen MR) is 239 cm³/mol. The highest BCUT2D eigenvalue weighted by Crippen LogP contribution is 2.43. The molecular formula is C54H40N2. The average Bonchev–Trinajstić information content (AvgIpc) is 3.80. The second-order valence-corrected chi connectivity index (χ2v) is 15.1. The highest BCUT2D eigenvalue weighted by atomic mass is 15.0. The number of fused-ring (bicyclic) bond motifs is 7. The van der Waals surface area contributed by atoms with Gasteiger partial charge in [-0.25, -0.2) is 0 Å². The molecule has 0 saturated heterocycles. The molecule has 0 unspecified atom stereocenters. The average molecular weight is 717 g/mol. The summed E-state index contributed by atoms with van der Waals surface area (Å²) < 4.78 is 4.95. The van der Waals surface area contributed by atoms with Gasteiger partial charge in [0.1, 0.15) is 0 Å². The van der Waals surface area contributed by atoms with E-state index in [1.54, 1.807) is 0 Å². The second kappa shape index (κ2) is 13.4. The molecule has 7 aromatic carbocycles. The highest BCUT2D eigenvalue weighted by molar-refractivity contribution is 6.26. The molecule has 0 spiro atoms. The molecule has 0 bridgehead atoms. The van der Waals surface area contributed by atoms with Crippen molar-refractivity contribution in [3.05, 3.63) is 205 Å². The van der Waals surface area contributed by atoms with Crippen LogP contribution in [0.5, 0.6) is 0 Å². The van der Waals surface area contributed by atoms with Gasteiger partial charge in [0.25, 0.3) is 0 Å². The Kier molecular flexibility index (Phi) is 7.81. The maximum absolute atomic E-state index is 2.49. The van der Waals surface area contributed by atoms with Gasteiger partial charge in [0, 0.05) is 32.9 Å². The van der Waals surface area contributed by atoms with Crippen molar-refractivity contribution in [3.63, 3.8) is 0 Å². The van der Waals surface area contributed by atoms with E-state index in [2.05, 4.69) is 203 Å². The number of rotatable bonds is 6. The number of benzene rings is 7. The Morgan fingerprint density at radius 2 is 1.07 bits per heavy atom. The molecule has 9 aromatic rings. The summed E-state index contributed by atoms with van der Waals surface area (Å²) in [6, 6.07) is 60.4. The van der Waals surface area contributed by atoms with Gasteiger partial charge < -0.3 is 9.13 Å². The second-order valence-electron chi connectivity index (χ2n) is 15.1. The summed E-state index contributed by atoms with van der Waals surface area (Å²) in [5.41, 5.74) is 17.6. The lowest BCUT2D eigenvalue weighted by atomic mass is 9.92. The van der Waals surface area contributed by atoms with E-state index in [9.17, 15) is 0 Å². The first-order valence-electron chi connectivity index (χ1n) is 19.9. The van der Waals surface area contributed by atoms with Gasteiger partial charge in [-0.1, -0.05) is 146 Å². The summed E-state index contributed by atoms with van der Waals surface area (Å²) in [4.78, 5) is 0. The molecule has 0 atom stereocenters. The lowest BCUT2D eigenvalue weighted by Gasteiger charge is -2.18. The van der Waals surface area contributed by atoms with Crippen LogP contribution < -0.4 is 0 Å². The minimum absolute atomic E-state index is 0.997. The van der Waals surface area contributed by atoms with Crippen LogP contribution in [0.4, 0.5) is 0 Å². The minimum atomic E-state index is 0.997. The molecule has 2 nitrogen and oxygen atoms in total. The molecule has 0 amide bonds. The van der Waals surface area contributed by atoms with Crippen LogP contribution in [0.15, 0.2) is 194 Å². The number of hydrogen-bond donors (Lipinski definition) is 0. The third kappa shape index (κ3) is 5.40. The van der Waals surface area contributed by atoms with Crippen molar-refractivity contribution in [2.24, 2.45) is 0 Å². The molecule has 2 aliphatic rings. The van der Waals surface area contributed by atoms with E-state index in [1.165, 1.54) is 99.5 Å². The normalized spacial score (nSPS) is 14.4. The van der Waals surface area contributed by atoms with E-state index in [4.69, 9.17) is 0 Å². The van der Waals surface area contributed by atoms with Crippen LogP contribution in [0.25, 0.3) is 88.4 Å². The van der Waals surface area contributed by atoms with Gasteiger partial charge in [-0.05, 0) is 119 Å². The van der Waals surface area contributed by atoms with Crippen molar-refractivity contribution in [3.8, 4) is 27.9 Å². The third-order valence-electron chi connectivity index (χ3n) is 11.8. The van der Waals surface area contributed by atoms with Gasteiger partial charge in [-0.2, -0.15) is 0 Å². The Bertz CT molecular complexity index is 3110. The molecule has 11 rings (SSSR count). The summed E-state index contributed by atoms with van der Waals surface area (Å²) >= 11 is 0. The maximum atomic E-state index is 2.49. The zero-order valence-electron chi connectivity index (χ0n) is 31.2. The summed E-state index contributed by atoms with van der Waals surface area (Å²) in [5, 5.41) is 5.12. The molecular weight excluding hydrogens is 677 g/mol. The van der Waals surface area contributed by atoms with Gasteiger partial charge in [0.15, 0.2) is 0 Å². The molecule has 2 aliphatic carbocycles. The molecule has 0 aliphatic heterocycles. The van der Waals surface area contributed by atoms with Crippen molar-refractivity contribution in [2.45, 2.75) is 25.7 Å². The van der Waals surface area contributed by atoms with Crippen LogP contribution in [0.2, 0.25) is 0 Å². The Morgan fingerprint density at radius 1 is 0.411 bits per heavy atom. The van der Waals surface area contributed by atoms with E-state index < -0.39 is 0 Å². The molecule has 0 radical (unpaired) electrons. The molecule has 0 N–H and O–H groups in total. The highest BCUT2D eigenvalue weighted by Gasteiger charge is 2.22. The molecule has 0 fully saturated rings. The minimum Gasteiger partial charge on any atom is -0.309 e. The Hall–Kier alpha value is -6.90. The van der Waals surface area contributed by atoms with Gasteiger partial charge >= 0.3 is 0 Å². The first-order valence-corrected chi connectivity index (χ1v) is 19.9. The lowest BCUT2D eigenvalue weighted by Crippen LogP contribution is -2.00. The number of para-hydroxylation sites is 3. The van der Waals surface area contributed by atoms with Crippen LogP contribution in [-0.2, 0) is 0 Å². The molecule has 2 heterocycles. The summed E-state index contributed by atoms with van der Waals surface area (Å²) in [6.45, 7) is 0. The largest absolute Gasteiger partial charge is 0.309 e. The van der Waals surface area contributed by atoms with E-state index in [-0.39, 0.29) is 0 Å². The summed E-state index contributed by atoms with van der Waals surface area (Å²) in [5.74, 6) is 0. The maximum Gasteiger partial charge on any atom is 0.0641 e. The zero-order chi connectivity index (χ0) is 37.0. The number of nitrogens with zero attached hydrogens (tertiary/aromatic N) is 2. The number of allylic oxidation sites excluding steroid dienone is 8. The van der Waals surface area contributed by atoms with Gasteiger partial charge in [-0.3, -0.25) is 0 Å². The van der Waals surface area contributed by atoms with Crippen LogP contribution in [0, 0.1) is 0 Å². The zero-order valence-corrected chi connectivity index (χ0v) is 31.2. The van der Waals surface area contributed by atoms with Crippen molar-refractivity contribution < 1.29 is 0 Å². The van der Waals surface area contributed by atoms with Gasteiger partial charge in [0.05, 0.1) is 22.1 Å². The van der Waals surface area contributed by atoms with Crippen LogP contribution in [0.3, 0.4) is 0 Å². The fraction of sp³-hybridized carbons (Fsp3) is 0.0741. The first kappa shape index (κ1) is 32.5. The van der Waals surface area contributed by atoms with Crippen LogP contribution in [-0.4, -0.2) is 9.13 Å². The Morgan fingerprint density at radius 3 is 1.84 bits per heavy atom. The van der Waals surface area contributed by atoms with Crippen LogP contribution >= 0.6 is 0 Å². The molecule has 266 valence electrons. The monoisotopic (exact) mass is 716 g/mol. The standard InChI is InChI=1S/C54H40N2/c1-3-14-37(15-4-1)40-16-11-18-42(34-40)43-19-12-17-41(35-43)38-28-30-39(31-29-38)44-20-13-23-46(36-44)55-51-27-10-8-25-49(51)53-52(55)33-32-48-47-24-7-9-26-50(47)56(54(48)53)45-21-5-2-6-22-45/h2-3,5-12,14-19,21-36H,1,4,13,20H2. The lowest BCUT2D eigenvalue weighted by molar-refractivity contribution is 1.04. The van der Waals surface area contributed by atoms with E-state index in [0.29, 0.717) is 0 Å². The van der Waals surface area contributed by atoms with E-state index in [1.807, 2.05) is 0 Å². The van der Waals surface area contributed by atoms with Gasteiger partial charge in [0.2, 0.25) is 0 Å². The third-order valence-corrected chi connectivity index (χ3v) is 11.8. The summed E-state index contributed by atoms with van der Waals surface area (Å²) in [6.07, 6.45) is 16.0. The fourth-order valence-corrected chi connectivity index (χ4v) is 9.16. The smallest absolute Gasteiger partial charge is 0.0641 e. The fourth-order valence-electron chi connectivity index (χ4n) is 9.16. The SMILES string of the molecule is C1=CC(c2cccc(-c3cccc(-c4ccc(C5=CC(n6c7ccccc7c7c6ccc6c8ccccc8n(-c8ccccc8)c67)=CCC5)cc4)c3)c2)=CCC1. The molecule has 56 heavy (non-hydrogen) atoms. The first-order chi connectivity index (χ1) is 27.8. The molecule has 2 heteroatoms.